The van der Waals surface area contributed by atoms with Gasteiger partial charge in [0.15, 0.2) is 0 Å². The van der Waals surface area contributed by atoms with Crippen LogP contribution in [0.15, 0.2) is 49.6 Å². The summed E-state index contributed by atoms with van der Waals surface area (Å²) < 4.78 is 0.769. The van der Waals surface area contributed by atoms with Gasteiger partial charge in [0.1, 0.15) is 6.54 Å². The molecule has 0 saturated heterocycles. The summed E-state index contributed by atoms with van der Waals surface area (Å²) in [5.41, 5.74) is 1.20. The standard InChI is InChI=1S/C14H19N2O2/c1-4-10-16(3,11-5-2)12-13-6-8-14(9-7-13)15(17)18/h4-9H,1-2,10-12H2,3H3/q+1. The summed E-state index contributed by atoms with van der Waals surface area (Å²) in [6.45, 7) is 10.0. The van der Waals surface area contributed by atoms with E-state index in [2.05, 4.69) is 20.2 Å². The molecule has 0 atom stereocenters. The molecule has 1 aromatic carbocycles. The van der Waals surface area contributed by atoms with E-state index in [1.165, 1.54) is 0 Å². The SMILES string of the molecule is C=CC[N+](C)(CC=C)Cc1ccc([N+](=O)[O-])cc1. The molecule has 0 aliphatic rings. The van der Waals surface area contributed by atoms with Crippen molar-refractivity contribution in [2.45, 2.75) is 6.54 Å². The molecular weight excluding hydrogens is 228 g/mol. The van der Waals surface area contributed by atoms with Crippen LogP contribution in [-0.2, 0) is 6.54 Å². The normalized spacial score (nSPS) is 10.9. The molecule has 0 bridgehead atoms. The minimum absolute atomic E-state index is 0.125. The average molecular weight is 247 g/mol. The molecule has 0 aromatic heterocycles. The maximum Gasteiger partial charge on any atom is 0.269 e. The third-order valence-electron chi connectivity index (χ3n) is 2.85. The summed E-state index contributed by atoms with van der Waals surface area (Å²) in [5.74, 6) is 0. The highest BCUT2D eigenvalue weighted by Crippen LogP contribution is 2.16. The summed E-state index contributed by atoms with van der Waals surface area (Å²) in [5, 5.41) is 10.6. The Bertz CT molecular complexity index is 428. The predicted molar refractivity (Wildman–Crippen MR) is 73.1 cm³/mol. The zero-order valence-corrected chi connectivity index (χ0v) is 10.7. The highest BCUT2D eigenvalue weighted by molar-refractivity contribution is 5.32. The van der Waals surface area contributed by atoms with E-state index in [0.29, 0.717) is 0 Å². The Kier molecular flexibility index (Phi) is 4.80. The van der Waals surface area contributed by atoms with Crippen molar-refractivity contribution >= 4 is 5.69 Å². The quantitative estimate of drug-likeness (QED) is 0.322. The van der Waals surface area contributed by atoms with Gasteiger partial charge >= 0.3 is 0 Å². The maximum absolute atomic E-state index is 10.6. The highest BCUT2D eigenvalue weighted by Gasteiger charge is 2.19. The first-order valence-corrected chi connectivity index (χ1v) is 5.79. The lowest BCUT2D eigenvalue weighted by Crippen LogP contribution is -2.43. The summed E-state index contributed by atoms with van der Waals surface area (Å²) in [6, 6.07) is 6.70. The number of non-ortho nitro benzene ring substituents is 1. The summed E-state index contributed by atoms with van der Waals surface area (Å²) in [7, 11) is 2.12. The number of hydrogen-bond acceptors (Lipinski definition) is 2. The Balaban J connectivity index is 2.83. The van der Waals surface area contributed by atoms with Crippen LogP contribution in [0.25, 0.3) is 0 Å². The monoisotopic (exact) mass is 247 g/mol. The Hall–Kier alpha value is -1.94. The van der Waals surface area contributed by atoms with Gasteiger partial charge in [0, 0.05) is 17.7 Å². The second-order valence-corrected chi connectivity index (χ2v) is 4.64. The molecule has 0 fully saturated rings. The highest BCUT2D eigenvalue weighted by atomic mass is 16.6. The number of hydrogen-bond donors (Lipinski definition) is 0. The Labute approximate surface area is 108 Å². The largest absolute Gasteiger partial charge is 0.316 e. The van der Waals surface area contributed by atoms with Crippen LogP contribution >= 0.6 is 0 Å². The zero-order valence-electron chi connectivity index (χ0n) is 10.7. The molecule has 0 aliphatic carbocycles. The predicted octanol–water partition coefficient (Wildman–Crippen LogP) is 2.91. The molecule has 0 heterocycles. The van der Waals surface area contributed by atoms with E-state index in [1.54, 1.807) is 24.3 Å². The summed E-state index contributed by atoms with van der Waals surface area (Å²) in [6.07, 6.45) is 3.77. The fourth-order valence-electron chi connectivity index (χ4n) is 1.99. The minimum atomic E-state index is -0.384. The molecule has 0 unspecified atom stereocenters. The van der Waals surface area contributed by atoms with Crippen molar-refractivity contribution < 1.29 is 9.41 Å². The van der Waals surface area contributed by atoms with Crippen molar-refractivity contribution in [3.63, 3.8) is 0 Å². The molecule has 0 N–H and O–H groups in total. The number of rotatable bonds is 7. The lowest BCUT2D eigenvalue weighted by molar-refractivity contribution is -0.911. The van der Waals surface area contributed by atoms with Gasteiger partial charge in [0.2, 0.25) is 0 Å². The molecule has 1 rings (SSSR count). The second-order valence-electron chi connectivity index (χ2n) is 4.64. The van der Waals surface area contributed by atoms with Crippen LogP contribution in [0.4, 0.5) is 5.69 Å². The molecule has 96 valence electrons. The lowest BCUT2D eigenvalue weighted by Gasteiger charge is -2.32. The van der Waals surface area contributed by atoms with Crippen molar-refractivity contribution in [1.29, 1.82) is 0 Å². The second kappa shape index (κ2) is 6.12. The lowest BCUT2D eigenvalue weighted by atomic mass is 10.1. The van der Waals surface area contributed by atoms with Gasteiger partial charge in [-0.2, -0.15) is 0 Å². The van der Waals surface area contributed by atoms with Crippen LogP contribution in [0.3, 0.4) is 0 Å². The van der Waals surface area contributed by atoms with E-state index in [9.17, 15) is 10.1 Å². The number of nitro benzene ring substituents is 1. The first-order valence-electron chi connectivity index (χ1n) is 5.79. The number of quaternary nitrogens is 1. The third kappa shape index (κ3) is 3.82. The molecule has 18 heavy (non-hydrogen) atoms. The van der Waals surface area contributed by atoms with Gasteiger partial charge in [-0.1, -0.05) is 13.2 Å². The Morgan fingerprint density at radius 3 is 2.11 bits per heavy atom. The first kappa shape index (κ1) is 14.1. The molecule has 0 spiro atoms. The molecule has 0 saturated carbocycles. The van der Waals surface area contributed by atoms with E-state index in [0.717, 1.165) is 29.7 Å². The molecule has 0 amide bonds. The first-order chi connectivity index (χ1) is 8.50. The zero-order chi connectivity index (χ0) is 13.6. The number of likely N-dealkylation sites (N-methyl/N-ethyl adjacent to an activating group) is 1. The topological polar surface area (TPSA) is 43.1 Å². The van der Waals surface area contributed by atoms with Crippen LogP contribution in [0, 0.1) is 10.1 Å². The maximum atomic E-state index is 10.6. The van der Waals surface area contributed by atoms with Gasteiger partial charge < -0.3 is 4.48 Å². The average Bonchev–Trinajstić information content (AvgIpc) is 2.30. The molecule has 4 heteroatoms. The van der Waals surface area contributed by atoms with Gasteiger partial charge in [-0.05, 0) is 24.3 Å². The molecule has 0 aliphatic heterocycles. The van der Waals surface area contributed by atoms with Gasteiger partial charge in [-0.15, -0.1) is 0 Å². The van der Waals surface area contributed by atoms with Crippen molar-refractivity contribution in [3.05, 3.63) is 65.3 Å². The van der Waals surface area contributed by atoms with Crippen LogP contribution < -0.4 is 0 Å². The van der Waals surface area contributed by atoms with E-state index in [1.807, 2.05) is 12.2 Å². The fraction of sp³-hybridized carbons (Fsp3) is 0.286. The van der Waals surface area contributed by atoms with E-state index in [-0.39, 0.29) is 10.6 Å². The van der Waals surface area contributed by atoms with Crippen LogP contribution in [0.2, 0.25) is 0 Å². The van der Waals surface area contributed by atoms with Crippen molar-refractivity contribution in [2.75, 3.05) is 20.1 Å². The summed E-state index contributed by atoms with van der Waals surface area (Å²) >= 11 is 0. The Morgan fingerprint density at radius 1 is 1.22 bits per heavy atom. The van der Waals surface area contributed by atoms with E-state index in [4.69, 9.17) is 0 Å². The van der Waals surface area contributed by atoms with Gasteiger partial charge in [-0.3, -0.25) is 10.1 Å². The molecule has 4 nitrogen and oxygen atoms in total. The van der Waals surface area contributed by atoms with Crippen molar-refractivity contribution in [2.24, 2.45) is 0 Å². The van der Waals surface area contributed by atoms with Gasteiger partial charge in [-0.25, -0.2) is 0 Å². The van der Waals surface area contributed by atoms with Crippen molar-refractivity contribution in [1.82, 2.24) is 0 Å². The van der Waals surface area contributed by atoms with Crippen LogP contribution in [-0.4, -0.2) is 29.5 Å². The third-order valence-corrected chi connectivity index (χ3v) is 2.85. The van der Waals surface area contributed by atoms with Crippen molar-refractivity contribution in [3.8, 4) is 0 Å². The number of nitro groups is 1. The summed E-state index contributed by atoms with van der Waals surface area (Å²) in [4.78, 5) is 10.2. The fourth-order valence-corrected chi connectivity index (χ4v) is 1.99. The van der Waals surface area contributed by atoms with E-state index >= 15 is 0 Å². The van der Waals surface area contributed by atoms with Crippen LogP contribution in [0.5, 0.6) is 0 Å². The molecule has 1 aromatic rings. The smallest absolute Gasteiger partial charge is 0.269 e. The van der Waals surface area contributed by atoms with Gasteiger partial charge in [0.25, 0.3) is 5.69 Å². The van der Waals surface area contributed by atoms with Gasteiger partial charge in [0.05, 0.1) is 25.1 Å². The molecular formula is C14H19N2O2+. The van der Waals surface area contributed by atoms with Crippen LogP contribution in [0.1, 0.15) is 5.56 Å². The van der Waals surface area contributed by atoms with E-state index < -0.39 is 0 Å². The minimum Gasteiger partial charge on any atom is -0.316 e. The molecule has 0 radical (unpaired) electrons. The number of benzene rings is 1. The Morgan fingerprint density at radius 2 is 1.72 bits per heavy atom. The number of nitrogens with zero attached hydrogens (tertiary/aromatic N) is 2.